The summed E-state index contributed by atoms with van der Waals surface area (Å²) < 4.78 is 6.45. The van der Waals surface area contributed by atoms with E-state index < -0.39 is 11.7 Å². The molecule has 0 amide bonds. The van der Waals surface area contributed by atoms with Gasteiger partial charge in [-0.15, -0.1) is 0 Å². The average Bonchev–Trinajstić information content (AvgIpc) is 2.65. The number of hydrogen-bond acceptors (Lipinski definition) is 4. The molecule has 0 aromatic heterocycles. The molecule has 0 radical (unpaired) electrons. The SMILES string of the molecule is COC1=C(Br)[C@@H](O)[C@]2(C=C1Br)CC=NO2. The second-order valence-corrected chi connectivity index (χ2v) is 5.02. The first-order valence-corrected chi connectivity index (χ1v) is 5.90. The van der Waals surface area contributed by atoms with E-state index in [-0.39, 0.29) is 0 Å². The summed E-state index contributed by atoms with van der Waals surface area (Å²) in [6, 6.07) is 0. The van der Waals surface area contributed by atoms with Crippen molar-refractivity contribution in [2.75, 3.05) is 7.11 Å². The minimum Gasteiger partial charge on any atom is -0.495 e. The Morgan fingerprint density at radius 2 is 2.40 bits per heavy atom. The molecule has 15 heavy (non-hydrogen) atoms. The van der Waals surface area contributed by atoms with E-state index in [1.807, 2.05) is 0 Å². The number of nitrogens with zero attached hydrogens (tertiary/aromatic N) is 1. The number of ether oxygens (including phenoxy) is 1. The molecule has 6 heteroatoms. The van der Waals surface area contributed by atoms with Gasteiger partial charge in [-0.05, 0) is 37.9 Å². The number of oxime groups is 1. The molecule has 1 spiro atoms. The Morgan fingerprint density at radius 3 is 2.93 bits per heavy atom. The summed E-state index contributed by atoms with van der Waals surface area (Å²) in [4.78, 5) is 5.22. The van der Waals surface area contributed by atoms with Crippen molar-refractivity contribution in [1.29, 1.82) is 0 Å². The number of rotatable bonds is 1. The Kier molecular flexibility index (Phi) is 2.92. The largest absolute Gasteiger partial charge is 0.495 e. The highest BCUT2D eigenvalue weighted by molar-refractivity contribution is 9.12. The molecule has 0 aromatic carbocycles. The van der Waals surface area contributed by atoms with E-state index in [0.29, 0.717) is 16.7 Å². The van der Waals surface area contributed by atoms with Crippen molar-refractivity contribution in [3.05, 3.63) is 20.8 Å². The van der Waals surface area contributed by atoms with Crippen LogP contribution in [0.1, 0.15) is 6.42 Å². The molecule has 82 valence electrons. The van der Waals surface area contributed by atoms with Crippen molar-refractivity contribution < 1.29 is 14.7 Å². The summed E-state index contributed by atoms with van der Waals surface area (Å²) in [6.07, 6.45) is 3.14. The highest BCUT2D eigenvalue weighted by atomic mass is 79.9. The predicted molar refractivity (Wildman–Crippen MR) is 62.9 cm³/mol. The lowest BCUT2D eigenvalue weighted by Gasteiger charge is -2.33. The lowest BCUT2D eigenvalue weighted by molar-refractivity contribution is -0.0570. The van der Waals surface area contributed by atoms with Gasteiger partial charge in [-0.2, -0.15) is 0 Å². The molecular formula is C9H9Br2NO3. The minimum absolute atomic E-state index is 0.537. The van der Waals surface area contributed by atoms with Crippen LogP contribution >= 0.6 is 31.9 Å². The molecule has 2 rings (SSSR count). The van der Waals surface area contributed by atoms with Crippen molar-refractivity contribution >= 4 is 38.1 Å². The molecule has 0 unspecified atom stereocenters. The van der Waals surface area contributed by atoms with Crippen molar-refractivity contribution in [2.45, 2.75) is 18.1 Å². The van der Waals surface area contributed by atoms with E-state index in [1.165, 1.54) is 0 Å². The monoisotopic (exact) mass is 337 g/mol. The highest BCUT2D eigenvalue weighted by Gasteiger charge is 2.47. The third-order valence-electron chi connectivity index (χ3n) is 2.42. The van der Waals surface area contributed by atoms with Crippen LogP contribution in [-0.2, 0) is 9.57 Å². The lowest BCUT2D eigenvalue weighted by Crippen LogP contribution is -2.43. The third kappa shape index (κ3) is 1.64. The van der Waals surface area contributed by atoms with Crippen LogP contribution in [0.4, 0.5) is 0 Å². The normalized spacial score (nSPS) is 34.4. The maximum absolute atomic E-state index is 10.1. The molecule has 0 aromatic rings. The maximum atomic E-state index is 10.1. The summed E-state index contributed by atoms with van der Waals surface area (Å²) in [5.41, 5.74) is -0.806. The Morgan fingerprint density at radius 1 is 1.67 bits per heavy atom. The molecule has 0 saturated heterocycles. The number of hydrogen-bond donors (Lipinski definition) is 1. The van der Waals surface area contributed by atoms with Crippen LogP contribution < -0.4 is 0 Å². The molecular weight excluding hydrogens is 330 g/mol. The quantitative estimate of drug-likeness (QED) is 0.796. The summed E-state index contributed by atoms with van der Waals surface area (Å²) in [5.74, 6) is 0.573. The first-order valence-electron chi connectivity index (χ1n) is 4.31. The fraction of sp³-hybridized carbons (Fsp3) is 0.444. The van der Waals surface area contributed by atoms with Crippen molar-refractivity contribution in [3.8, 4) is 0 Å². The predicted octanol–water partition coefficient (Wildman–Crippen LogP) is 2.04. The third-order valence-corrected chi connectivity index (χ3v) is 3.80. The zero-order chi connectivity index (χ0) is 11.1. The summed E-state index contributed by atoms with van der Waals surface area (Å²) in [7, 11) is 1.54. The fourth-order valence-electron chi connectivity index (χ4n) is 1.61. The van der Waals surface area contributed by atoms with Gasteiger partial charge in [-0.25, -0.2) is 0 Å². The highest BCUT2D eigenvalue weighted by Crippen LogP contribution is 2.42. The van der Waals surface area contributed by atoms with Gasteiger partial charge in [-0.3, -0.25) is 0 Å². The smallest absolute Gasteiger partial charge is 0.192 e. The van der Waals surface area contributed by atoms with Crippen LogP contribution in [0.15, 0.2) is 26.0 Å². The molecule has 1 aliphatic heterocycles. The number of allylic oxidation sites excluding steroid dienone is 1. The molecule has 1 N–H and O–H groups in total. The summed E-state index contributed by atoms with van der Waals surface area (Å²) in [6.45, 7) is 0. The van der Waals surface area contributed by atoms with Crippen molar-refractivity contribution in [1.82, 2.24) is 0 Å². The Bertz CT molecular complexity index is 368. The van der Waals surface area contributed by atoms with E-state index in [0.717, 1.165) is 4.48 Å². The van der Waals surface area contributed by atoms with E-state index in [4.69, 9.17) is 9.57 Å². The van der Waals surface area contributed by atoms with E-state index in [9.17, 15) is 5.11 Å². The molecule has 1 aliphatic carbocycles. The van der Waals surface area contributed by atoms with Crippen LogP contribution in [0.3, 0.4) is 0 Å². The molecule has 4 nitrogen and oxygen atoms in total. The maximum Gasteiger partial charge on any atom is 0.192 e. The molecule has 0 bridgehead atoms. The number of halogens is 2. The average molecular weight is 339 g/mol. The van der Waals surface area contributed by atoms with Gasteiger partial charge >= 0.3 is 0 Å². The minimum atomic E-state index is -0.809. The number of aliphatic hydroxyl groups excluding tert-OH is 1. The number of methoxy groups -OCH3 is 1. The van der Waals surface area contributed by atoms with Gasteiger partial charge in [0.25, 0.3) is 0 Å². The van der Waals surface area contributed by atoms with Crippen LogP contribution in [0, 0.1) is 0 Å². The van der Waals surface area contributed by atoms with Gasteiger partial charge < -0.3 is 14.7 Å². The van der Waals surface area contributed by atoms with Gasteiger partial charge in [0, 0.05) is 12.6 Å². The van der Waals surface area contributed by atoms with Crippen molar-refractivity contribution in [3.63, 3.8) is 0 Å². The second-order valence-electron chi connectivity index (χ2n) is 3.31. The van der Waals surface area contributed by atoms with E-state index in [2.05, 4.69) is 37.0 Å². The molecule has 0 saturated carbocycles. The molecule has 2 atom stereocenters. The van der Waals surface area contributed by atoms with Crippen LogP contribution in [0.25, 0.3) is 0 Å². The Labute approximate surface area is 104 Å². The molecule has 1 heterocycles. The van der Waals surface area contributed by atoms with Gasteiger partial charge in [0.1, 0.15) is 11.9 Å². The van der Waals surface area contributed by atoms with Crippen molar-refractivity contribution in [2.24, 2.45) is 5.16 Å². The lowest BCUT2D eigenvalue weighted by atomic mass is 9.89. The Balaban J connectivity index is 2.40. The second kappa shape index (κ2) is 3.92. The number of aliphatic hydroxyl groups is 1. The van der Waals surface area contributed by atoms with E-state index >= 15 is 0 Å². The first kappa shape index (κ1) is 11.2. The van der Waals surface area contributed by atoms with Crippen LogP contribution in [0.5, 0.6) is 0 Å². The van der Waals surface area contributed by atoms with Gasteiger partial charge in [0.2, 0.25) is 0 Å². The molecule has 2 aliphatic rings. The summed E-state index contributed by atoms with van der Waals surface area (Å²) in [5, 5.41) is 13.8. The standard InChI is InChI=1S/C9H9Br2NO3/c1-14-7-5(10)4-9(2-3-12-15-9)8(13)6(7)11/h3-4,8,13H,2H2,1H3/t8-,9-/m1/s1. The van der Waals surface area contributed by atoms with Gasteiger partial charge in [0.15, 0.2) is 5.60 Å². The zero-order valence-electron chi connectivity index (χ0n) is 7.91. The molecule has 0 fully saturated rings. The zero-order valence-corrected chi connectivity index (χ0v) is 11.1. The van der Waals surface area contributed by atoms with Crippen LogP contribution in [0.2, 0.25) is 0 Å². The van der Waals surface area contributed by atoms with Gasteiger partial charge in [0.05, 0.1) is 16.1 Å². The Hall–Kier alpha value is -0.330. The topological polar surface area (TPSA) is 51.0 Å². The van der Waals surface area contributed by atoms with Gasteiger partial charge in [-0.1, -0.05) is 5.16 Å². The first-order chi connectivity index (χ1) is 7.10. The fourth-order valence-corrected chi connectivity index (χ4v) is 3.40. The summed E-state index contributed by atoms with van der Waals surface area (Å²) >= 11 is 6.67. The van der Waals surface area contributed by atoms with Crippen LogP contribution in [-0.4, -0.2) is 30.1 Å². The van der Waals surface area contributed by atoms with E-state index in [1.54, 1.807) is 19.4 Å².